The van der Waals surface area contributed by atoms with Crippen LogP contribution < -0.4 is 0 Å². The van der Waals surface area contributed by atoms with Crippen molar-refractivity contribution in [3.8, 4) is 0 Å². The summed E-state index contributed by atoms with van der Waals surface area (Å²) in [6.07, 6.45) is 6.14. The highest BCUT2D eigenvalue weighted by molar-refractivity contribution is 7.89. The van der Waals surface area contributed by atoms with Gasteiger partial charge in [0, 0.05) is 24.7 Å². The Hall–Kier alpha value is -2.29. The summed E-state index contributed by atoms with van der Waals surface area (Å²) in [5, 5.41) is 0. The fourth-order valence-corrected chi connectivity index (χ4v) is 3.67. The maximum atomic E-state index is 12.5. The van der Waals surface area contributed by atoms with Crippen LogP contribution in [0.2, 0.25) is 0 Å². The average molecular weight is 379 g/mol. The Bertz CT molecular complexity index is 789. The fourth-order valence-electron chi connectivity index (χ4n) is 2.26. The first-order valence-electron chi connectivity index (χ1n) is 8.12. The van der Waals surface area contributed by atoms with E-state index in [2.05, 4.69) is 0 Å². The Balaban J connectivity index is 1.97. The molecule has 0 bridgehead atoms. The minimum atomic E-state index is -3.60. The molecule has 0 saturated carbocycles. The van der Waals surface area contributed by atoms with Gasteiger partial charge in [-0.15, -0.1) is 0 Å². The third-order valence-electron chi connectivity index (χ3n) is 3.67. The number of sulfonamides is 1. The van der Waals surface area contributed by atoms with Crippen molar-refractivity contribution >= 4 is 21.8 Å². The smallest absolute Gasteiger partial charge is 0.331 e. The summed E-state index contributed by atoms with van der Waals surface area (Å²) in [5.74, 6) is -1.03. The molecule has 0 aromatic heterocycles. The number of esters is 1. The summed E-state index contributed by atoms with van der Waals surface area (Å²) < 4.78 is 36.4. The van der Waals surface area contributed by atoms with E-state index >= 15 is 0 Å². The van der Waals surface area contributed by atoms with Crippen molar-refractivity contribution < 1.29 is 27.5 Å². The molecule has 26 heavy (non-hydrogen) atoms. The molecule has 0 atom stereocenters. The topological polar surface area (TPSA) is 90.0 Å². The maximum Gasteiger partial charge on any atom is 0.331 e. The summed E-state index contributed by atoms with van der Waals surface area (Å²) in [6.45, 7) is 2.74. The molecule has 0 spiro atoms. The van der Waals surface area contributed by atoms with Crippen LogP contribution in [0, 0.1) is 0 Å². The highest BCUT2D eigenvalue weighted by atomic mass is 32.2. The number of hydrogen-bond donors (Lipinski definition) is 0. The molecular formula is C18H21NO6S. The molecule has 140 valence electrons. The van der Waals surface area contributed by atoms with Crippen molar-refractivity contribution in [2.45, 2.75) is 11.8 Å². The van der Waals surface area contributed by atoms with Gasteiger partial charge in [0.25, 0.3) is 0 Å². The molecule has 1 saturated heterocycles. The highest BCUT2D eigenvalue weighted by Gasteiger charge is 2.26. The quantitative estimate of drug-likeness (QED) is 0.309. The molecule has 2 rings (SSSR count). The molecule has 1 heterocycles. The second-order valence-electron chi connectivity index (χ2n) is 5.46. The highest BCUT2D eigenvalue weighted by Crippen LogP contribution is 2.18. The molecule has 1 aliphatic rings. The SMILES string of the molecule is C/C=C/C=C/C(=O)OCC(=O)c1ccc(S(=O)(=O)N2CCOCC2)cc1. The number of hydrogen-bond acceptors (Lipinski definition) is 6. The molecule has 8 heteroatoms. The minimum absolute atomic E-state index is 0.113. The molecule has 1 aromatic carbocycles. The van der Waals surface area contributed by atoms with E-state index in [0.717, 1.165) is 0 Å². The second kappa shape index (κ2) is 9.42. The molecule has 1 aromatic rings. The van der Waals surface area contributed by atoms with Crippen molar-refractivity contribution in [1.82, 2.24) is 4.31 Å². The van der Waals surface area contributed by atoms with Crippen LogP contribution in [0.4, 0.5) is 0 Å². The third-order valence-corrected chi connectivity index (χ3v) is 5.58. The zero-order valence-corrected chi connectivity index (χ0v) is 15.3. The third kappa shape index (κ3) is 5.35. The van der Waals surface area contributed by atoms with Crippen LogP contribution in [0.1, 0.15) is 17.3 Å². The number of rotatable bonds is 7. The van der Waals surface area contributed by atoms with Crippen molar-refractivity contribution in [3.05, 3.63) is 54.1 Å². The van der Waals surface area contributed by atoms with Crippen LogP contribution in [-0.4, -0.2) is 57.4 Å². The lowest BCUT2D eigenvalue weighted by atomic mass is 10.1. The minimum Gasteiger partial charge on any atom is -0.454 e. The van der Waals surface area contributed by atoms with Crippen LogP contribution in [0.3, 0.4) is 0 Å². The number of morpholine rings is 1. The summed E-state index contributed by atoms with van der Waals surface area (Å²) in [6, 6.07) is 5.59. The van der Waals surface area contributed by atoms with E-state index in [0.29, 0.717) is 26.3 Å². The molecule has 1 aliphatic heterocycles. The molecule has 0 aliphatic carbocycles. The van der Waals surface area contributed by atoms with E-state index in [-0.39, 0.29) is 10.5 Å². The lowest BCUT2D eigenvalue weighted by Crippen LogP contribution is -2.40. The number of carbonyl (C=O) groups excluding carboxylic acids is 2. The zero-order chi connectivity index (χ0) is 19.0. The van der Waals surface area contributed by atoms with Gasteiger partial charge in [-0.1, -0.05) is 18.2 Å². The van der Waals surface area contributed by atoms with Gasteiger partial charge in [-0.25, -0.2) is 13.2 Å². The van der Waals surface area contributed by atoms with Gasteiger partial charge in [0.1, 0.15) is 0 Å². The molecule has 0 unspecified atom stereocenters. The van der Waals surface area contributed by atoms with E-state index in [9.17, 15) is 18.0 Å². The number of benzene rings is 1. The molecule has 0 radical (unpaired) electrons. The Labute approximate surface area is 152 Å². The van der Waals surface area contributed by atoms with Gasteiger partial charge in [-0.05, 0) is 31.2 Å². The predicted octanol–water partition coefficient (Wildman–Crippen LogP) is 1.57. The van der Waals surface area contributed by atoms with Crippen molar-refractivity contribution in [2.24, 2.45) is 0 Å². The monoisotopic (exact) mass is 379 g/mol. The number of nitrogens with zero attached hydrogens (tertiary/aromatic N) is 1. The average Bonchev–Trinajstić information content (AvgIpc) is 2.67. The van der Waals surface area contributed by atoms with Gasteiger partial charge >= 0.3 is 5.97 Å². The Morgan fingerprint density at radius 2 is 1.81 bits per heavy atom. The van der Waals surface area contributed by atoms with E-state index in [1.54, 1.807) is 12.2 Å². The molecule has 0 amide bonds. The van der Waals surface area contributed by atoms with Gasteiger partial charge in [0.2, 0.25) is 10.0 Å². The summed E-state index contributed by atoms with van der Waals surface area (Å²) in [4.78, 5) is 23.6. The first-order chi connectivity index (χ1) is 12.4. The Morgan fingerprint density at radius 3 is 2.42 bits per heavy atom. The van der Waals surface area contributed by atoms with E-state index in [1.807, 2.05) is 6.92 Å². The number of ketones is 1. The predicted molar refractivity (Wildman–Crippen MR) is 95.3 cm³/mol. The fraction of sp³-hybridized carbons (Fsp3) is 0.333. The lowest BCUT2D eigenvalue weighted by molar-refractivity contribution is -0.136. The van der Waals surface area contributed by atoms with Gasteiger partial charge in [-0.2, -0.15) is 4.31 Å². The van der Waals surface area contributed by atoms with Crippen molar-refractivity contribution in [2.75, 3.05) is 32.9 Å². The Kier molecular flexibility index (Phi) is 7.26. The molecule has 7 nitrogen and oxygen atoms in total. The second-order valence-corrected chi connectivity index (χ2v) is 7.39. The van der Waals surface area contributed by atoms with Crippen LogP contribution >= 0.6 is 0 Å². The van der Waals surface area contributed by atoms with Gasteiger partial charge < -0.3 is 9.47 Å². The normalized spacial score (nSPS) is 16.2. The van der Waals surface area contributed by atoms with Gasteiger partial charge in [0.15, 0.2) is 12.4 Å². The van der Waals surface area contributed by atoms with Crippen molar-refractivity contribution in [3.63, 3.8) is 0 Å². The standard InChI is InChI=1S/C18H21NO6S/c1-2-3-4-5-18(21)25-14-17(20)15-6-8-16(9-7-15)26(22,23)19-10-12-24-13-11-19/h2-9H,10-14H2,1H3/b3-2+,5-4+. The van der Waals surface area contributed by atoms with E-state index < -0.39 is 28.4 Å². The first-order valence-corrected chi connectivity index (χ1v) is 9.56. The number of ether oxygens (including phenoxy) is 2. The zero-order valence-electron chi connectivity index (χ0n) is 14.5. The first kappa shape index (κ1) is 20.0. The maximum absolute atomic E-state index is 12.5. The van der Waals surface area contributed by atoms with Crippen molar-refractivity contribution in [1.29, 1.82) is 0 Å². The Morgan fingerprint density at radius 1 is 1.15 bits per heavy atom. The number of carbonyl (C=O) groups is 2. The number of Topliss-reactive ketones (excluding diaryl/α,β-unsaturated/α-hetero) is 1. The largest absolute Gasteiger partial charge is 0.454 e. The summed E-state index contributed by atoms with van der Waals surface area (Å²) in [5.41, 5.74) is 0.274. The van der Waals surface area contributed by atoms with Crippen LogP contribution in [0.15, 0.2) is 53.5 Å². The van der Waals surface area contributed by atoms with Crippen LogP contribution in [-0.2, 0) is 24.3 Å². The summed E-state index contributed by atoms with van der Waals surface area (Å²) in [7, 11) is -3.60. The summed E-state index contributed by atoms with van der Waals surface area (Å²) >= 11 is 0. The van der Waals surface area contributed by atoms with E-state index in [4.69, 9.17) is 9.47 Å². The van der Waals surface area contributed by atoms with Gasteiger partial charge in [-0.3, -0.25) is 4.79 Å². The van der Waals surface area contributed by atoms with Crippen LogP contribution in [0.5, 0.6) is 0 Å². The van der Waals surface area contributed by atoms with Crippen LogP contribution in [0.25, 0.3) is 0 Å². The van der Waals surface area contributed by atoms with E-state index in [1.165, 1.54) is 40.7 Å². The van der Waals surface area contributed by atoms with Gasteiger partial charge in [0.05, 0.1) is 18.1 Å². The molecule has 0 N–H and O–H groups in total. The lowest BCUT2D eigenvalue weighted by Gasteiger charge is -2.26. The molecular weight excluding hydrogens is 358 g/mol. The number of allylic oxidation sites excluding steroid dienone is 3. The molecule has 1 fully saturated rings.